The van der Waals surface area contributed by atoms with Crippen molar-refractivity contribution in [2.75, 3.05) is 0 Å². The number of aromatic nitrogens is 2. The molecule has 106 valence electrons. The molecule has 1 atom stereocenters. The molecule has 0 bridgehead atoms. The van der Waals surface area contributed by atoms with Crippen LogP contribution >= 0.6 is 0 Å². The van der Waals surface area contributed by atoms with E-state index in [1.54, 1.807) is 13.0 Å². The predicted molar refractivity (Wildman–Crippen MR) is 76.9 cm³/mol. The van der Waals surface area contributed by atoms with Gasteiger partial charge in [0.25, 0.3) is 0 Å². The molecule has 20 heavy (non-hydrogen) atoms. The van der Waals surface area contributed by atoms with Crippen molar-refractivity contribution in [1.29, 1.82) is 0 Å². The van der Waals surface area contributed by atoms with Crippen LogP contribution in [0.3, 0.4) is 0 Å². The highest BCUT2D eigenvalue weighted by atomic mass is 19.1. The lowest BCUT2D eigenvalue weighted by Gasteiger charge is -2.24. The van der Waals surface area contributed by atoms with Gasteiger partial charge in [-0.3, -0.25) is 4.68 Å². The van der Waals surface area contributed by atoms with Crippen molar-refractivity contribution < 1.29 is 4.39 Å². The number of rotatable bonds is 3. The zero-order valence-corrected chi connectivity index (χ0v) is 12.0. The fourth-order valence-electron chi connectivity index (χ4n) is 2.98. The van der Waals surface area contributed by atoms with Crippen molar-refractivity contribution in [2.45, 2.75) is 38.8 Å². The lowest BCUT2D eigenvalue weighted by atomic mass is 9.93. The fourth-order valence-corrected chi connectivity index (χ4v) is 2.98. The summed E-state index contributed by atoms with van der Waals surface area (Å²) in [6, 6.07) is 5.66. The summed E-state index contributed by atoms with van der Waals surface area (Å²) in [5.41, 5.74) is 4.48. The van der Waals surface area contributed by atoms with Crippen LogP contribution in [0.25, 0.3) is 0 Å². The number of aryl methyl sites for hydroxylation is 2. The Balaban J connectivity index is 1.71. The highest BCUT2D eigenvalue weighted by molar-refractivity contribution is 5.26. The Morgan fingerprint density at radius 2 is 2.30 bits per heavy atom. The molecule has 1 aliphatic carbocycles. The maximum absolute atomic E-state index is 13.3. The molecule has 0 saturated carbocycles. The van der Waals surface area contributed by atoms with Crippen LogP contribution < -0.4 is 5.32 Å². The first-order valence-electron chi connectivity index (χ1n) is 7.14. The Hall–Kier alpha value is -1.68. The van der Waals surface area contributed by atoms with Gasteiger partial charge in [0.1, 0.15) is 5.82 Å². The van der Waals surface area contributed by atoms with Gasteiger partial charge in [0, 0.05) is 30.9 Å². The molecule has 1 aromatic carbocycles. The Bertz CT molecular complexity index is 618. The highest BCUT2D eigenvalue weighted by Gasteiger charge is 2.22. The van der Waals surface area contributed by atoms with E-state index in [2.05, 4.69) is 10.4 Å². The molecule has 0 aliphatic heterocycles. The number of hydrogen-bond donors (Lipinski definition) is 1. The summed E-state index contributed by atoms with van der Waals surface area (Å²) in [5, 5.41) is 7.93. The topological polar surface area (TPSA) is 29.9 Å². The summed E-state index contributed by atoms with van der Waals surface area (Å²) >= 11 is 0. The maximum Gasteiger partial charge on any atom is 0.126 e. The van der Waals surface area contributed by atoms with Gasteiger partial charge in [0.05, 0.1) is 6.20 Å². The molecule has 0 spiro atoms. The Morgan fingerprint density at radius 3 is 3.10 bits per heavy atom. The van der Waals surface area contributed by atoms with Crippen LogP contribution in [-0.4, -0.2) is 9.78 Å². The normalized spacial score (nSPS) is 18.1. The second kappa shape index (κ2) is 5.37. The summed E-state index contributed by atoms with van der Waals surface area (Å²) in [4.78, 5) is 0. The van der Waals surface area contributed by atoms with Crippen molar-refractivity contribution >= 4 is 0 Å². The number of benzene rings is 1. The van der Waals surface area contributed by atoms with Crippen LogP contribution in [0.15, 0.2) is 24.4 Å². The van der Waals surface area contributed by atoms with Gasteiger partial charge in [-0.15, -0.1) is 0 Å². The van der Waals surface area contributed by atoms with E-state index in [0.717, 1.165) is 24.9 Å². The van der Waals surface area contributed by atoms with E-state index in [1.165, 1.54) is 17.7 Å². The van der Waals surface area contributed by atoms with Gasteiger partial charge in [0.2, 0.25) is 0 Å². The molecule has 0 saturated heterocycles. The molecular weight excluding hydrogens is 253 g/mol. The molecule has 0 amide bonds. The molecule has 1 aromatic heterocycles. The van der Waals surface area contributed by atoms with E-state index < -0.39 is 0 Å². The van der Waals surface area contributed by atoms with Gasteiger partial charge in [-0.05, 0) is 43.4 Å². The summed E-state index contributed by atoms with van der Waals surface area (Å²) in [6.07, 6.45) is 5.41. The molecule has 3 rings (SSSR count). The molecular formula is C16H20FN3. The second-order valence-corrected chi connectivity index (χ2v) is 5.58. The molecule has 2 aromatic rings. The predicted octanol–water partition coefficient (Wildman–Crippen LogP) is 3.03. The van der Waals surface area contributed by atoms with Crippen LogP contribution in [0.5, 0.6) is 0 Å². The summed E-state index contributed by atoms with van der Waals surface area (Å²) < 4.78 is 15.2. The SMILES string of the molecule is Cc1cc(CNC2CCCc3c2cnn3C)ccc1F. The number of fused-ring (bicyclic) bond motifs is 1. The summed E-state index contributed by atoms with van der Waals surface area (Å²) in [5.74, 6) is -0.138. The monoisotopic (exact) mass is 273 g/mol. The first kappa shape index (κ1) is 13.3. The third-order valence-corrected chi connectivity index (χ3v) is 4.15. The minimum atomic E-state index is -0.138. The number of hydrogen-bond acceptors (Lipinski definition) is 2. The molecule has 1 N–H and O–H groups in total. The van der Waals surface area contributed by atoms with Crippen LogP contribution in [0.1, 0.15) is 41.3 Å². The Labute approximate surface area is 118 Å². The van der Waals surface area contributed by atoms with Crippen molar-refractivity contribution in [3.8, 4) is 0 Å². The minimum Gasteiger partial charge on any atom is -0.306 e. The second-order valence-electron chi connectivity index (χ2n) is 5.58. The van der Waals surface area contributed by atoms with Crippen molar-refractivity contribution in [3.63, 3.8) is 0 Å². The average Bonchev–Trinajstić information content (AvgIpc) is 2.83. The van der Waals surface area contributed by atoms with Crippen LogP contribution in [-0.2, 0) is 20.0 Å². The van der Waals surface area contributed by atoms with E-state index in [9.17, 15) is 4.39 Å². The van der Waals surface area contributed by atoms with Crippen LogP contribution in [0.4, 0.5) is 4.39 Å². The van der Waals surface area contributed by atoms with E-state index in [-0.39, 0.29) is 5.82 Å². The van der Waals surface area contributed by atoms with Crippen molar-refractivity contribution in [3.05, 3.63) is 52.6 Å². The molecule has 1 unspecified atom stereocenters. The van der Waals surface area contributed by atoms with Crippen LogP contribution in [0, 0.1) is 12.7 Å². The average molecular weight is 273 g/mol. The minimum absolute atomic E-state index is 0.138. The number of nitrogens with zero attached hydrogens (tertiary/aromatic N) is 2. The highest BCUT2D eigenvalue weighted by Crippen LogP contribution is 2.29. The van der Waals surface area contributed by atoms with Gasteiger partial charge in [-0.25, -0.2) is 4.39 Å². The van der Waals surface area contributed by atoms with Crippen LogP contribution in [0.2, 0.25) is 0 Å². The quantitative estimate of drug-likeness (QED) is 0.931. The largest absolute Gasteiger partial charge is 0.306 e. The van der Waals surface area contributed by atoms with Crippen molar-refractivity contribution in [1.82, 2.24) is 15.1 Å². The molecule has 0 radical (unpaired) electrons. The fraction of sp³-hybridized carbons (Fsp3) is 0.438. The van der Waals surface area contributed by atoms with E-state index in [0.29, 0.717) is 11.6 Å². The van der Waals surface area contributed by atoms with Gasteiger partial charge in [0.15, 0.2) is 0 Å². The number of halogens is 1. The van der Waals surface area contributed by atoms with E-state index in [1.807, 2.05) is 30.1 Å². The Kier molecular flexibility index (Phi) is 3.57. The van der Waals surface area contributed by atoms with Gasteiger partial charge < -0.3 is 5.32 Å². The van der Waals surface area contributed by atoms with Crippen molar-refractivity contribution in [2.24, 2.45) is 7.05 Å². The van der Waals surface area contributed by atoms with Gasteiger partial charge in [-0.1, -0.05) is 12.1 Å². The first-order chi connectivity index (χ1) is 9.65. The summed E-state index contributed by atoms with van der Waals surface area (Å²) in [7, 11) is 2.00. The first-order valence-corrected chi connectivity index (χ1v) is 7.14. The molecule has 3 nitrogen and oxygen atoms in total. The summed E-state index contributed by atoms with van der Waals surface area (Å²) in [6.45, 7) is 2.57. The molecule has 1 aliphatic rings. The molecule has 0 fully saturated rings. The zero-order chi connectivity index (χ0) is 14.1. The van der Waals surface area contributed by atoms with E-state index >= 15 is 0 Å². The van der Waals surface area contributed by atoms with Gasteiger partial charge in [-0.2, -0.15) is 5.10 Å². The van der Waals surface area contributed by atoms with Gasteiger partial charge >= 0.3 is 0 Å². The lowest BCUT2D eigenvalue weighted by Crippen LogP contribution is -2.25. The Morgan fingerprint density at radius 1 is 1.45 bits per heavy atom. The number of nitrogens with one attached hydrogen (secondary N) is 1. The molecule has 1 heterocycles. The lowest BCUT2D eigenvalue weighted by molar-refractivity contribution is 0.451. The zero-order valence-electron chi connectivity index (χ0n) is 12.0. The standard InChI is InChI=1S/C16H20FN3/c1-11-8-12(6-7-14(11)17)9-18-15-4-3-5-16-13(15)10-19-20(16)2/h6-8,10,15,18H,3-5,9H2,1-2H3. The maximum atomic E-state index is 13.3. The smallest absolute Gasteiger partial charge is 0.126 e. The third-order valence-electron chi connectivity index (χ3n) is 4.15. The third kappa shape index (κ3) is 2.48. The molecule has 4 heteroatoms. The van der Waals surface area contributed by atoms with E-state index in [4.69, 9.17) is 0 Å².